The van der Waals surface area contributed by atoms with Crippen LogP contribution in [0.5, 0.6) is 0 Å². The number of carbonyl (C=O) groups excluding carboxylic acids is 2. The van der Waals surface area contributed by atoms with Crippen molar-refractivity contribution in [2.75, 3.05) is 6.61 Å². The lowest BCUT2D eigenvalue weighted by molar-refractivity contribution is -0.125. The number of ether oxygens (including phenoxy) is 1. The molecule has 2 bridgehead atoms. The number of nitrogens with one attached hydrogen (secondary N) is 2. The number of carbonyl (C=O) groups is 2. The van der Waals surface area contributed by atoms with Crippen LogP contribution in [0, 0.1) is 17.8 Å². The maximum atomic E-state index is 12.2. The number of hydrogen-bond acceptors (Lipinski definition) is 4. The second-order valence-corrected chi connectivity index (χ2v) is 7.39. The quantitative estimate of drug-likeness (QED) is 0.819. The Morgan fingerprint density at radius 3 is 2.92 bits per heavy atom. The number of H-pyrrole nitrogens is 1. The lowest BCUT2D eigenvalue weighted by Crippen LogP contribution is -2.42. The van der Waals surface area contributed by atoms with Crippen LogP contribution < -0.4 is 5.32 Å². The third-order valence-electron chi connectivity index (χ3n) is 5.82. The molecule has 4 rings (SSSR count). The first-order valence-corrected chi connectivity index (χ1v) is 9.01. The molecule has 6 heteroatoms. The van der Waals surface area contributed by atoms with E-state index < -0.39 is 5.97 Å². The summed E-state index contributed by atoms with van der Waals surface area (Å²) in [4.78, 5) is 24.3. The predicted octanol–water partition coefficient (Wildman–Crippen LogP) is 2.66. The summed E-state index contributed by atoms with van der Waals surface area (Å²) >= 11 is 0. The lowest BCUT2D eigenvalue weighted by Gasteiger charge is -2.28. The maximum absolute atomic E-state index is 12.2. The summed E-state index contributed by atoms with van der Waals surface area (Å²) < 4.78 is 5.15. The highest BCUT2D eigenvalue weighted by molar-refractivity contribution is 6.02. The van der Waals surface area contributed by atoms with Crippen LogP contribution in [0.25, 0.3) is 10.9 Å². The molecule has 0 unspecified atom stereocenters. The Morgan fingerprint density at radius 1 is 1.32 bits per heavy atom. The highest BCUT2D eigenvalue weighted by Crippen LogP contribution is 2.49. The van der Waals surface area contributed by atoms with E-state index >= 15 is 0 Å². The summed E-state index contributed by atoms with van der Waals surface area (Å²) in [7, 11) is 0. The second-order valence-electron chi connectivity index (χ2n) is 7.39. The van der Waals surface area contributed by atoms with Crippen molar-refractivity contribution in [3.63, 3.8) is 0 Å². The molecule has 0 aliphatic heterocycles. The molecule has 1 aromatic carbocycles. The molecule has 132 valence electrons. The normalized spacial score (nSPS) is 25.9. The predicted molar refractivity (Wildman–Crippen MR) is 92.9 cm³/mol. The molecule has 2 aromatic rings. The van der Waals surface area contributed by atoms with Crippen molar-refractivity contribution >= 4 is 22.8 Å². The molecule has 2 aliphatic carbocycles. The van der Waals surface area contributed by atoms with Crippen LogP contribution in [0.4, 0.5) is 0 Å². The standard InChI is InChI=1S/C19H23N3O3/c1-11(15-9-12-6-7-13(15)8-12)20-17(23)10-25-19(24)18-14-4-2-3-5-16(14)21-22-18/h2-5,11-13,15H,6-10H2,1H3,(H,20,23)(H,21,22)/t11-,12+,13-,15+/m0/s1. The fourth-order valence-electron chi connectivity index (χ4n) is 4.63. The number of aromatic amines is 1. The fraction of sp³-hybridized carbons (Fsp3) is 0.526. The number of fused-ring (bicyclic) bond motifs is 3. The van der Waals surface area contributed by atoms with Crippen LogP contribution in [0.15, 0.2) is 24.3 Å². The van der Waals surface area contributed by atoms with Crippen molar-refractivity contribution in [2.24, 2.45) is 17.8 Å². The van der Waals surface area contributed by atoms with Gasteiger partial charge in [0.05, 0.1) is 5.52 Å². The Labute approximate surface area is 146 Å². The second kappa shape index (κ2) is 6.50. The molecule has 1 heterocycles. The molecule has 0 radical (unpaired) electrons. The first kappa shape index (κ1) is 16.1. The summed E-state index contributed by atoms with van der Waals surface area (Å²) in [6.07, 6.45) is 5.16. The van der Waals surface area contributed by atoms with Gasteiger partial charge in [-0.3, -0.25) is 9.89 Å². The number of hydrogen-bond donors (Lipinski definition) is 2. The third-order valence-corrected chi connectivity index (χ3v) is 5.82. The minimum atomic E-state index is -0.583. The zero-order chi connectivity index (χ0) is 17.4. The fourth-order valence-corrected chi connectivity index (χ4v) is 4.63. The molecule has 6 nitrogen and oxygen atoms in total. The van der Waals surface area contributed by atoms with E-state index in [1.54, 1.807) is 6.07 Å². The van der Waals surface area contributed by atoms with E-state index in [0.29, 0.717) is 11.3 Å². The molecule has 0 saturated heterocycles. The number of rotatable bonds is 5. The monoisotopic (exact) mass is 341 g/mol. The van der Waals surface area contributed by atoms with Crippen LogP contribution in [0.1, 0.15) is 43.1 Å². The van der Waals surface area contributed by atoms with Crippen molar-refractivity contribution in [3.8, 4) is 0 Å². The zero-order valence-corrected chi connectivity index (χ0v) is 14.3. The van der Waals surface area contributed by atoms with E-state index in [-0.39, 0.29) is 24.2 Å². The van der Waals surface area contributed by atoms with Crippen LogP contribution >= 0.6 is 0 Å². The number of nitrogens with zero attached hydrogens (tertiary/aromatic N) is 1. The van der Waals surface area contributed by atoms with Crippen LogP contribution in [-0.2, 0) is 9.53 Å². The van der Waals surface area contributed by atoms with E-state index in [0.717, 1.165) is 17.4 Å². The average molecular weight is 341 g/mol. The van der Waals surface area contributed by atoms with Crippen molar-refractivity contribution in [3.05, 3.63) is 30.0 Å². The minimum absolute atomic E-state index is 0.132. The van der Waals surface area contributed by atoms with E-state index in [1.807, 2.05) is 18.2 Å². The van der Waals surface area contributed by atoms with Crippen molar-refractivity contribution in [2.45, 2.75) is 38.6 Å². The Morgan fingerprint density at radius 2 is 2.16 bits per heavy atom. The van der Waals surface area contributed by atoms with E-state index in [9.17, 15) is 9.59 Å². The van der Waals surface area contributed by atoms with Gasteiger partial charge in [-0.25, -0.2) is 4.79 Å². The maximum Gasteiger partial charge on any atom is 0.359 e. The SMILES string of the molecule is C[C@H](NC(=O)COC(=O)c1n[nH]c2ccccc12)[C@H]1C[C@@H]2CC[C@H]1C2. The van der Waals surface area contributed by atoms with Crippen LogP contribution in [0.3, 0.4) is 0 Å². The smallest absolute Gasteiger partial charge is 0.359 e. The average Bonchev–Trinajstić information content (AvgIpc) is 3.34. The van der Waals surface area contributed by atoms with Gasteiger partial charge in [0, 0.05) is 11.4 Å². The summed E-state index contributed by atoms with van der Waals surface area (Å²) in [6, 6.07) is 7.46. The summed E-state index contributed by atoms with van der Waals surface area (Å²) in [5, 5.41) is 10.5. The highest BCUT2D eigenvalue weighted by atomic mass is 16.5. The van der Waals surface area contributed by atoms with Crippen LogP contribution in [-0.4, -0.2) is 34.7 Å². The first-order chi connectivity index (χ1) is 12.1. The Hall–Kier alpha value is -2.37. The van der Waals surface area contributed by atoms with Gasteiger partial charge >= 0.3 is 5.97 Å². The third kappa shape index (κ3) is 3.13. The van der Waals surface area contributed by atoms with E-state index in [1.165, 1.54) is 25.7 Å². The molecule has 2 N–H and O–H groups in total. The molecule has 25 heavy (non-hydrogen) atoms. The topological polar surface area (TPSA) is 84.1 Å². The van der Waals surface area contributed by atoms with Gasteiger partial charge < -0.3 is 10.1 Å². The van der Waals surface area contributed by atoms with Gasteiger partial charge in [0.25, 0.3) is 5.91 Å². The molecule has 1 amide bonds. The summed E-state index contributed by atoms with van der Waals surface area (Å²) in [6.45, 7) is 1.79. The van der Waals surface area contributed by atoms with Gasteiger partial charge in [0.2, 0.25) is 0 Å². The molecule has 1 aromatic heterocycles. The minimum Gasteiger partial charge on any atom is -0.451 e. The van der Waals surface area contributed by atoms with Gasteiger partial charge in [-0.05, 0) is 50.0 Å². The Balaban J connectivity index is 1.30. The molecule has 2 aliphatic rings. The first-order valence-electron chi connectivity index (χ1n) is 9.01. The van der Waals surface area contributed by atoms with Crippen molar-refractivity contribution < 1.29 is 14.3 Å². The molecular weight excluding hydrogens is 318 g/mol. The Bertz CT molecular complexity index is 800. The Kier molecular flexibility index (Phi) is 4.19. The van der Waals surface area contributed by atoms with Gasteiger partial charge in [-0.2, -0.15) is 5.10 Å². The molecular formula is C19H23N3O3. The van der Waals surface area contributed by atoms with Gasteiger partial charge in [0.1, 0.15) is 0 Å². The molecule has 2 saturated carbocycles. The van der Waals surface area contributed by atoms with Crippen LogP contribution in [0.2, 0.25) is 0 Å². The number of aromatic nitrogens is 2. The van der Waals surface area contributed by atoms with Crippen molar-refractivity contribution in [1.82, 2.24) is 15.5 Å². The molecule has 0 spiro atoms. The van der Waals surface area contributed by atoms with Gasteiger partial charge in [0.15, 0.2) is 12.3 Å². The summed E-state index contributed by atoms with van der Waals surface area (Å²) in [5.74, 6) is 1.33. The number of amides is 1. The van der Waals surface area contributed by atoms with E-state index in [2.05, 4.69) is 22.4 Å². The zero-order valence-electron chi connectivity index (χ0n) is 14.3. The van der Waals surface area contributed by atoms with Gasteiger partial charge in [-0.1, -0.05) is 24.6 Å². The number of para-hydroxylation sites is 1. The van der Waals surface area contributed by atoms with Gasteiger partial charge in [-0.15, -0.1) is 0 Å². The summed E-state index contributed by atoms with van der Waals surface area (Å²) in [5.41, 5.74) is 0.980. The van der Waals surface area contributed by atoms with E-state index in [4.69, 9.17) is 4.74 Å². The highest BCUT2D eigenvalue weighted by Gasteiger charge is 2.42. The number of benzene rings is 1. The van der Waals surface area contributed by atoms with Crippen molar-refractivity contribution in [1.29, 1.82) is 0 Å². The molecule has 2 fully saturated rings. The molecule has 4 atom stereocenters. The number of esters is 1. The largest absolute Gasteiger partial charge is 0.451 e. The lowest BCUT2D eigenvalue weighted by atomic mass is 9.84.